The van der Waals surface area contributed by atoms with Gasteiger partial charge in [-0.05, 0) is 25.8 Å². The van der Waals surface area contributed by atoms with E-state index in [9.17, 15) is 9.90 Å². The molecule has 0 spiro atoms. The Hall–Kier alpha value is -0.870. The van der Waals surface area contributed by atoms with E-state index in [0.29, 0.717) is 18.5 Å². The normalized spacial score (nSPS) is 23.4. The number of hydrogen-bond acceptors (Lipinski definition) is 3. The van der Waals surface area contributed by atoms with Gasteiger partial charge in [-0.2, -0.15) is 0 Å². The molecule has 0 aromatic heterocycles. The third-order valence-electron chi connectivity index (χ3n) is 3.19. The first-order valence-electron chi connectivity index (χ1n) is 5.96. The lowest BCUT2D eigenvalue weighted by atomic mass is 10.0. The second kappa shape index (κ2) is 6.66. The summed E-state index contributed by atoms with van der Waals surface area (Å²) in [5, 5.41) is 18.1. The Morgan fingerprint density at radius 1 is 1.50 bits per heavy atom. The highest BCUT2D eigenvalue weighted by molar-refractivity contribution is 5.86. The lowest BCUT2D eigenvalue weighted by Gasteiger charge is -2.33. The lowest BCUT2D eigenvalue weighted by Crippen LogP contribution is -2.41. The van der Waals surface area contributed by atoms with Crippen molar-refractivity contribution in [2.75, 3.05) is 19.7 Å². The molecule has 0 amide bonds. The van der Waals surface area contributed by atoms with Crippen molar-refractivity contribution in [2.24, 2.45) is 0 Å². The number of aliphatic carboxylic acids is 1. The highest BCUT2D eigenvalue weighted by atomic mass is 16.4. The van der Waals surface area contributed by atoms with E-state index in [-0.39, 0.29) is 12.6 Å². The summed E-state index contributed by atoms with van der Waals surface area (Å²) in [5.74, 6) is -0.833. The van der Waals surface area contributed by atoms with Crippen LogP contribution in [0.4, 0.5) is 0 Å². The zero-order valence-electron chi connectivity index (χ0n) is 9.85. The van der Waals surface area contributed by atoms with E-state index >= 15 is 0 Å². The van der Waals surface area contributed by atoms with Gasteiger partial charge >= 0.3 is 5.97 Å². The fourth-order valence-corrected chi connectivity index (χ4v) is 2.12. The Labute approximate surface area is 96.6 Å². The van der Waals surface area contributed by atoms with Gasteiger partial charge in [0.25, 0.3) is 0 Å². The Balaban J connectivity index is 2.54. The number of rotatable bonds is 5. The zero-order chi connectivity index (χ0) is 12.0. The fourth-order valence-electron chi connectivity index (χ4n) is 2.12. The van der Waals surface area contributed by atoms with Crippen LogP contribution in [0.1, 0.15) is 32.6 Å². The minimum atomic E-state index is -0.833. The molecule has 4 nitrogen and oxygen atoms in total. The fraction of sp³-hybridized carbons (Fsp3) is 0.750. The molecule has 1 heterocycles. The maximum Gasteiger partial charge on any atom is 0.331 e. The number of carboxylic acids is 1. The van der Waals surface area contributed by atoms with Gasteiger partial charge in [0.2, 0.25) is 0 Å². The minimum Gasteiger partial charge on any atom is -0.478 e. The average Bonchev–Trinajstić information content (AvgIpc) is 2.30. The third-order valence-corrected chi connectivity index (χ3v) is 3.19. The van der Waals surface area contributed by atoms with E-state index < -0.39 is 5.97 Å². The molecule has 16 heavy (non-hydrogen) atoms. The molecule has 0 aromatic rings. The summed E-state index contributed by atoms with van der Waals surface area (Å²) in [6, 6.07) is 0.205. The van der Waals surface area contributed by atoms with Gasteiger partial charge in [-0.15, -0.1) is 0 Å². The minimum absolute atomic E-state index is 0.169. The summed E-state index contributed by atoms with van der Waals surface area (Å²) in [6.45, 7) is 3.61. The van der Waals surface area contributed by atoms with Gasteiger partial charge < -0.3 is 10.2 Å². The van der Waals surface area contributed by atoms with E-state index in [2.05, 4.69) is 4.90 Å². The van der Waals surface area contributed by atoms with Crippen molar-refractivity contribution in [2.45, 2.75) is 38.6 Å². The number of likely N-dealkylation sites (tertiary alicyclic amines) is 1. The van der Waals surface area contributed by atoms with Crippen molar-refractivity contribution in [1.29, 1.82) is 0 Å². The van der Waals surface area contributed by atoms with Crippen LogP contribution in [0.5, 0.6) is 0 Å². The van der Waals surface area contributed by atoms with Gasteiger partial charge in [-0.3, -0.25) is 4.90 Å². The van der Waals surface area contributed by atoms with Crippen LogP contribution in [0.15, 0.2) is 11.6 Å². The second-order valence-corrected chi connectivity index (χ2v) is 4.22. The Morgan fingerprint density at radius 2 is 2.25 bits per heavy atom. The predicted octanol–water partition coefficient (Wildman–Crippen LogP) is 1.25. The number of hydrogen-bond donors (Lipinski definition) is 2. The largest absolute Gasteiger partial charge is 0.478 e. The number of aliphatic hydroxyl groups is 1. The molecular weight excluding hydrogens is 206 g/mol. The van der Waals surface area contributed by atoms with E-state index in [4.69, 9.17) is 5.11 Å². The van der Waals surface area contributed by atoms with Crippen LogP contribution in [-0.2, 0) is 4.79 Å². The summed E-state index contributed by atoms with van der Waals surface area (Å²) >= 11 is 0. The first-order chi connectivity index (χ1) is 7.69. The van der Waals surface area contributed by atoms with Gasteiger partial charge in [-0.25, -0.2) is 4.79 Å². The molecular formula is C12H21NO3. The molecule has 1 unspecified atom stereocenters. The van der Waals surface area contributed by atoms with Crippen LogP contribution in [0.3, 0.4) is 0 Å². The smallest absolute Gasteiger partial charge is 0.331 e. The molecule has 1 atom stereocenters. The summed E-state index contributed by atoms with van der Waals surface area (Å²) in [5.41, 5.74) is 0.460. The Morgan fingerprint density at radius 3 is 2.81 bits per heavy atom. The summed E-state index contributed by atoms with van der Waals surface area (Å²) in [7, 11) is 0. The van der Waals surface area contributed by atoms with Crippen molar-refractivity contribution in [1.82, 2.24) is 4.90 Å². The van der Waals surface area contributed by atoms with Crippen LogP contribution in [-0.4, -0.2) is 46.8 Å². The van der Waals surface area contributed by atoms with Crippen molar-refractivity contribution >= 4 is 5.97 Å². The molecule has 1 rings (SSSR count). The van der Waals surface area contributed by atoms with Crippen molar-refractivity contribution in [3.05, 3.63) is 11.6 Å². The van der Waals surface area contributed by atoms with Crippen molar-refractivity contribution < 1.29 is 15.0 Å². The molecule has 1 aliphatic rings. The highest BCUT2D eigenvalue weighted by Crippen LogP contribution is 2.16. The van der Waals surface area contributed by atoms with E-state index in [1.54, 1.807) is 6.08 Å². The second-order valence-electron chi connectivity index (χ2n) is 4.22. The van der Waals surface area contributed by atoms with Gasteiger partial charge in [-0.1, -0.05) is 19.4 Å². The molecule has 1 aliphatic heterocycles. The molecule has 1 saturated heterocycles. The van der Waals surface area contributed by atoms with Crippen LogP contribution in [0, 0.1) is 0 Å². The number of carboxylic acid groups (broad SMARTS) is 1. The number of carbonyl (C=O) groups is 1. The first-order valence-corrected chi connectivity index (χ1v) is 5.96. The summed E-state index contributed by atoms with van der Waals surface area (Å²) in [4.78, 5) is 13.0. The molecule has 2 N–H and O–H groups in total. The summed E-state index contributed by atoms with van der Waals surface area (Å²) in [6.07, 6.45) is 5.63. The van der Waals surface area contributed by atoms with Crippen LogP contribution in [0.25, 0.3) is 0 Å². The number of piperidine rings is 1. The highest BCUT2D eigenvalue weighted by Gasteiger charge is 2.20. The SMILES string of the molecule is CCC(=CCN1CCCCC1CO)C(=O)O. The van der Waals surface area contributed by atoms with E-state index in [1.807, 2.05) is 6.92 Å². The van der Waals surface area contributed by atoms with E-state index in [0.717, 1.165) is 25.8 Å². The molecule has 1 fully saturated rings. The van der Waals surface area contributed by atoms with Gasteiger partial charge in [0.1, 0.15) is 0 Å². The average molecular weight is 227 g/mol. The summed E-state index contributed by atoms with van der Waals surface area (Å²) < 4.78 is 0. The maximum atomic E-state index is 10.8. The number of nitrogens with zero attached hydrogens (tertiary/aromatic N) is 1. The topological polar surface area (TPSA) is 60.8 Å². The van der Waals surface area contributed by atoms with Gasteiger partial charge in [0.15, 0.2) is 0 Å². The first kappa shape index (κ1) is 13.2. The molecule has 0 bridgehead atoms. The van der Waals surface area contributed by atoms with Gasteiger partial charge in [0, 0.05) is 18.2 Å². The standard InChI is InChI=1S/C12H21NO3/c1-2-10(12(15)16)6-8-13-7-4-3-5-11(13)9-14/h6,11,14H,2-5,7-9H2,1H3,(H,15,16). The van der Waals surface area contributed by atoms with Gasteiger partial charge in [0.05, 0.1) is 6.61 Å². The van der Waals surface area contributed by atoms with E-state index in [1.165, 1.54) is 0 Å². The molecule has 92 valence electrons. The Kier molecular flexibility index (Phi) is 5.49. The third kappa shape index (κ3) is 3.61. The molecule has 4 heteroatoms. The zero-order valence-corrected chi connectivity index (χ0v) is 9.85. The quantitative estimate of drug-likeness (QED) is 0.694. The molecule has 0 aliphatic carbocycles. The van der Waals surface area contributed by atoms with Crippen molar-refractivity contribution in [3.8, 4) is 0 Å². The maximum absolute atomic E-state index is 10.8. The van der Waals surface area contributed by atoms with Crippen molar-refractivity contribution in [3.63, 3.8) is 0 Å². The number of aliphatic hydroxyl groups excluding tert-OH is 1. The van der Waals surface area contributed by atoms with Crippen LogP contribution >= 0.6 is 0 Å². The van der Waals surface area contributed by atoms with Crippen LogP contribution in [0.2, 0.25) is 0 Å². The van der Waals surface area contributed by atoms with Crippen LogP contribution < -0.4 is 0 Å². The molecule has 0 aromatic carbocycles. The molecule has 0 radical (unpaired) electrons. The lowest BCUT2D eigenvalue weighted by molar-refractivity contribution is -0.132. The molecule has 0 saturated carbocycles. The Bertz CT molecular complexity index is 263. The predicted molar refractivity (Wildman–Crippen MR) is 62.3 cm³/mol. The monoisotopic (exact) mass is 227 g/mol.